The molecule has 38 heavy (non-hydrogen) atoms. The number of hydrazine groups is 1. The van der Waals surface area contributed by atoms with Crippen LogP contribution in [0.15, 0.2) is 60.7 Å². The molecule has 0 aliphatic carbocycles. The van der Waals surface area contributed by atoms with E-state index in [0.29, 0.717) is 26.3 Å². The minimum atomic E-state index is -0.808. The number of benzene rings is 2. The van der Waals surface area contributed by atoms with E-state index in [9.17, 15) is 14.4 Å². The number of urea groups is 1. The van der Waals surface area contributed by atoms with Gasteiger partial charge in [0.25, 0.3) is 0 Å². The highest BCUT2D eigenvalue weighted by Crippen LogP contribution is 2.16. The third-order valence-corrected chi connectivity index (χ3v) is 5.74. The fourth-order valence-electron chi connectivity index (χ4n) is 3.85. The molecule has 208 valence electrons. The Hall–Kier alpha value is -3.47. The van der Waals surface area contributed by atoms with Gasteiger partial charge in [0.2, 0.25) is 11.8 Å². The molecule has 10 nitrogen and oxygen atoms in total. The lowest BCUT2D eigenvalue weighted by molar-refractivity contribution is -0.179. The first-order valence-electron chi connectivity index (χ1n) is 12.9. The van der Waals surface area contributed by atoms with Crippen LogP contribution >= 0.6 is 0 Å². The summed E-state index contributed by atoms with van der Waals surface area (Å²) in [6.07, 6.45) is -0.606. The Labute approximate surface area is 225 Å². The van der Waals surface area contributed by atoms with Crippen molar-refractivity contribution in [3.05, 3.63) is 71.8 Å². The van der Waals surface area contributed by atoms with Crippen LogP contribution in [0.3, 0.4) is 0 Å². The van der Waals surface area contributed by atoms with Crippen LogP contribution in [-0.2, 0) is 32.2 Å². The topological polar surface area (TPSA) is 112 Å². The molecule has 0 radical (unpaired) electrons. The van der Waals surface area contributed by atoms with Crippen molar-refractivity contribution in [2.75, 3.05) is 26.8 Å². The van der Waals surface area contributed by atoms with Crippen molar-refractivity contribution in [3.8, 4) is 0 Å². The normalized spacial score (nSPS) is 12.6. The van der Waals surface area contributed by atoms with Gasteiger partial charge in [-0.25, -0.2) is 9.80 Å². The molecule has 0 fully saturated rings. The van der Waals surface area contributed by atoms with Crippen molar-refractivity contribution in [1.29, 1.82) is 0 Å². The third kappa shape index (κ3) is 10.5. The summed E-state index contributed by atoms with van der Waals surface area (Å²) in [7, 11) is 1.58. The summed E-state index contributed by atoms with van der Waals surface area (Å²) >= 11 is 0. The van der Waals surface area contributed by atoms with Crippen LogP contribution < -0.4 is 16.1 Å². The van der Waals surface area contributed by atoms with Crippen LogP contribution in [0.5, 0.6) is 0 Å². The number of hydrogen-bond acceptors (Lipinski definition) is 6. The van der Waals surface area contributed by atoms with Gasteiger partial charge >= 0.3 is 6.03 Å². The van der Waals surface area contributed by atoms with Crippen molar-refractivity contribution in [1.82, 2.24) is 26.0 Å². The van der Waals surface area contributed by atoms with E-state index in [1.54, 1.807) is 18.9 Å². The zero-order valence-corrected chi connectivity index (χ0v) is 23.0. The Morgan fingerprint density at radius 3 is 1.97 bits per heavy atom. The third-order valence-electron chi connectivity index (χ3n) is 5.74. The zero-order chi connectivity index (χ0) is 27.9. The number of ether oxygens (including phenoxy) is 2. The van der Waals surface area contributed by atoms with Gasteiger partial charge in [-0.15, -0.1) is 0 Å². The van der Waals surface area contributed by atoms with E-state index in [2.05, 4.69) is 16.1 Å². The minimum Gasteiger partial charge on any atom is -0.351 e. The quantitative estimate of drug-likeness (QED) is 0.243. The summed E-state index contributed by atoms with van der Waals surface area (Å²) in [6.45, 7) is 8.69. The molecule has 2 aromatic rings. The Morgan fingerprint density at radius 1 is 0.868 bits per heavy atom. The standard InChI is InChI=1S/C28H41N5O5/c1-6-37-27(38-7-2)22(4)33(19-24-16-12-9-13-17-24)26(35)21(3)30-25(34)20-32(5)31-28(36)29-18-23-14-10-8-11-15-23/h8-17,21-22,27H,6-7,18-20H2,1-5H3,(H,30,34)(H2,29,31,36). The Bertz CT molecular complexity index is 986. The van der Waals surface area contributed by atoms with Crippen LogP contribution in [0.2, 0.25) is 0 Å². The number of carbonyl (C=O) groups excluding carboxylic acids is 3. The molecule has 0 bridgehead atoms. The second kappa shape index (κ2) is 16.4. The molecule has 0 aliphatic rings. The Morgan fingerprint density at radius 2 is 1.42 bits per heavy atom. The molecule has 2 aromatic carbocycles. The van der Waals surface area contributed by atoms with Gasteiger partial charge in [-0.2, -0.15) is 0 Å². The monoisotopic (exact) mass is 527 g/mol. The summed E-state index contributed by atoms with van der Waals surface area (Å²) in [5.74, 6) is -0.675. The smallest absolute Gasteiger partial charge is 0.329 e. The van der Waals surface area contributed by atoms with Gasteiger partial charge in [-0.3, -0.25) is 15.0 Å². The van der Waals surface area contributed by atoms with Crippen molar-refractivity contribution >= 4 is 17.8 Å². The molecule has 2 atom stereocenters. The van der Waals surface area contributed by atoms with E-state index in [1.807, 2.05) is 81.4 Å². The van der Waals surface area contributed by atoms with Crippen LogP contribution in [0.25, 0.3) is 0 Å². The predicted octanol–water partition coefficient (Wildman–Crippen LogP) is 2.65. The molecule has 0 aromatic heterocycles. The van der Waals surface area contributed by atoms with Gasteiger partial charge in [0.05, 0.1) is 12.6 Å². The molecule has 0 saturated heterocycles. The Balaban J connectivity index is 1.96. The van der Waals surface area contributed by atoms with E-state index < -0.39 is 30.3 Å². The summed E-state index contributed by atoms with van der Waals surface area (Å²) < 4.78 is 11.5. The zero-order valence-electron chi connectivity index (χ0n) is 23.0. The minimum absolute atomic E-state index is 0.134. The maximum absolute atomic E-state index is 13.5. The number of likely N-dealkylation sites (N-methyl/N-ethyl adjacent to an activating group) is 1. The number of nitrogens with zero attached hydrogens (tertiary/aromatic N) is 2. The number of rotatable bonds is 15. The van der Waals surface area contributed by atoms with Crippen LogP contribution in [0.4, 0.5) is 4.79 Å². The van der Waals surface area contributed by atoms with Gasteiger partial charge in [0, 0.05) is 33.4 Å². The van der Waals surface area contributed by atoms with Gasteiger partial charge in [-0.1, -0.05) is 60.7 Å². The summed E-state index contributed by atoms with van der Waals surface area (Å²) in [4.78, 5) is 40.0. The summed E-state index contributed by atoms with van der Waals surface area (Å²) in [5.41, 5.74) is 4.50. The Kier molecular flexibility index (Phi) is 13.3. The second-order valence-corrected chi connectivity index (χ2v) is 8.90. The molecule has 0 aliphatic heterocycles. The highest BCUT2D eigenvalue weighted by molar-refractivity contribution is 5.88. The highest BCUT2D eigenvalue weighted by atomic mass is 16.7. The van der Waals surface area contributed by atoms with Crippen molar-refractivity contribution in [2.45, 2.75) is 59.2 Å². The fourth-order valence-corrected chi connectivity index (χ4v) is 3.85. The SMILES string of the molecule is CCOC(OCC)C(C)N(Cc1ccccc1)C(=O)C(C)NC(=O)CN(C)NC(=O)NCc1ccccc1. The van der Waals surface area contributed by atoms with Gasteiger partial charge in [-0.05, 0) is 38.8 Å². The van der Waals surface area contributed by atoms with E-state index in [-0.39, 0.29) is 12.5 Å². The van der Waals surface area contributed by atoms with Crippen molar-refractivity contribution < 1.29 is 23.9 Å². The predicted molar refractivity (Wildman–Crippen MR) is 146 cm³/mol. The molecule has 10 heteroatoms. The van der Waals surface area contributed by atoms with Crippen LogP contribution in [0, 0.1) is 0 Å². The number of carbonyl (C=O) groups is 3. The number of hydrogen-bond donors (Lipinski definition) is 3. The average Bonchev–Trinajstić information content (AvgIpc) is 2.90. The second-order valence-electron chi connectivity index (χ2n) is 8.90. The molecule has 0 saturated carbocycles. The number of nitrogens with one attached hydrogen (secondary N) is 3. The molecule has 4 amide bonds. The van der Waals surface area contributed by atoms with E-state index >= 15 is 0 Å². The van der Waals surface area contributed by atoms with E-state index in [0.717, 1.165) is 11.1 Å². The van der Waals surface area contributed by atoms with Gasteiger partial charge in [0.1, 0.15) is 6.04 Å². The maximum atomic E-state index is 13.5. The van der Waals surface area contributed by atoms with E-state index in [1.165, 1.54) is 5.01 Å². The number of amides is 4. The molecule has 0 heterocycles. The van der Waals surface area contributed by atoms with Gasteiger partial charge in [0.15, 0.2) is 6.29 Å². The van der Waals surface area contributed by atoms with E-state index in [4.69, 9.17) is 9.47 Å². The van der Waals surface area contributed by atoms with Crippen LogP contribution in [-0.4, -0.2) is 72.9 Å². The highest BCUT2D eigenvalue weighted by Gasteiger charge is 2.31. The molecule has 2 unspecified atom stereocenters. The summed E-state index contributed by atoms with van der Waals surface area (Å²) in [5, 5.41) is 6.84. The maximum Gasteiger partial charge on any atom is 0.329 e. The lowest BCUT2D eigenvalue weighted by Gasteiger charge is -2.36. The lowest BCUT2D eigenvalue weighted by atomic mass is 10.1. The van der Waals surface area contributed by atoms with Crippen molar-refractivity contribution in [3.63, 3.8) is 0 Å². The molecule has 3 N–H and O–H groups in total. The largest absolute Gasteiger partial charge is 0.351 e. The first kappa shape index (κ1) is 30.8. The van der Waals surface area contributed by atoms with Gasteiger partial charge < -0.3 is 25.0 Å². The van der Waals surface area contributed by atoms with Crippen molar-refractivity contribution in [2.24, 2.45) is 0 Å². The molecule has 0 spiro atoms. The molecular weight excluding hydrogens is 486 g/mol. The summed E-state index contributed by atoms with van der Waals surface area (Å²) in [6, 6.07) is 17.5. The molecular formula is C28H41N5O5. The first-order valence-corrected chi connectivity index (χ1v) is 12.9. The lowest BCUT2D eigenvalue weighted by Crippen LogP contribution is -2.55. The fraction of sp³-hybridized carbons (Fsp3) is 0.464. The van der Waals surface area contributed by atoms with Crippen LogP contribution in [0.1, 0.15) is 38.8 Å². The molecule has 2 rings (SSSR count). The average molecular weight is 528 g/mol. The first-order chi connectivity index (χ1) is 18.2.